The molecule has 2 rings (SSSR count). The summed E-state index contributed by atoms with van der Waals surface area (Å²) in [6.45, 7) is 0.539. The Morgan fingerprint density at radius 2 is 1.64 bits per heavy atom. The summed E-state index contributed by atoms with van der Waals surface area (Å²) < 4.78 is 26.4. The molecule has 150 valence electrons. The first-order valence-electron chi connectivity index (χ1n) is 9.00. The lowest BCUT2D eigenvalue weighted by Gasteiger charge is -2.18. The highest BCUT2D eigenvalue weighted by Gasteiger charge is 2.11. The van der Waals surface area contributed by atoms with Crippen LogP contribution in [0.3, 0.4) is 0 Å². The highest BCUT2D eigenvalue weighted by Crippen LogP contribution is 2.13. The summed E-state index contributed by atoms with van der Waals surface area (Å²) in [5.74, 6) is -0.119. The maximum Gasteiger partial charge on any atom is 0.233 e. The first-order chi connectivity index (χ1) is 13.3. The summed E-state index contributed by atoms with van der Waals surface area (Å²) in [4.78, 5) is 15.9. The summed E-state index contributed by atoms with van der Waals surface area (Å²) in [6, 6.07) is 17.1. The molecule has 0 spiro atoms. The van der Waals surface area contributed by atoms with Gasteiger partial charge in [-0.3, -0.25) is 4.79 Å². The van der Waals surface area contributed by atoms with Crippen molar-refractivity contribution in [3.63, 3.8) is 0 Å². The third-order valence-electron chi connectivity index (χ3n) is 4.18. The SMILES string of the molecule is CN(Cc1ccc(N(C)C)cc1)C(=O)CCNS(=O)(=O)C=Cc1ccccc1. The summed E-state index contributed by atoms with van der Waals surface area (Å²) >= 11 is 0. The fourth-order valence-electron chi connectivity index (χ4n) is 2.53. The second kappa shape index (κ2) is 10.1. The first kappa shape index (κ1) is 21.7. The Morgan fingerprint density at radius 3 is 2.25 bits per heavy atom. The van der Waals surface area contributed by atoms with Crippen LogP contribution in [0.25, 0.3) is 6.08 Å². The molecule has 0 saturated heterocycles. The molecule has 7 heteroatoms. The van der Waals surface area contributed by atoms with Crippen molar-refractivity contribution in [3.8, 4) is 0 Å². The van der Waals surface area contributed by atoms with Crippen LogP contribution in [-0.2, 0) is 21.4 Å². The number of sulfonamides is 1. The van der Waals surface area contributed by atoms with Crippen molar-refractivity contribution in [1.82, 2.24) is 9.62 Å². The van der Waals surface area contributed by atoms with Crippen molar-refractivity contribution in [1.29, 1.82) is 0 Å². The van der Waals surface area contributed by atoms with Crippen molar-refractivity contribution in [2.45, 2.75) is 13.0 Å². The molecule has 0 radical (unpaired) electrons. The van der Waals surface area contributed by atoms with Gasteiger partial charge in [0.1, 0.15) is 0 Å². The van der Waals surface area contributed by atoms with Crippen LogP contribution >= 0.6 is 0 Å². The maximum absolute atomic E-state index is 12.3. The lowest BCUT2D eigenvalue weighted by molar-refractivity contribution is -0.130. The average molecular weight is 402 g/mol. The fraction of sp³-hybridized carbons (Fsp3) is 0.286. The number of carbonyl (C=O) groups is 1. The molecule has 0 aliphatic rings. The van der Waals surface area contributed by atoms with Crippen LogP contribution < -0.4 is 9.62 Å². The Hall–Kier alpha value is -2.64. The van der Waals surface area contributed by atoms with Gasteiger partial charge in [0.15, 0.2) is 0 Å². The van der Waals surface area contributed by atoms with Crippen LogP contribution in [0.15, 0.2) is 60.0 Å². The van der Waals surface area contributed by atoms with Crippen molar-refractivity contribution in [2.75, 3.05) is 32.6 Å². The van der Waals surface area contributed by atoms with E-state index in [0.717, 1.165) is 22.2 Å². The van der Waals surface area contributed by atoms with Gasteiger partial charge in [0.05, 0.1) is 0 Å². The van der Waals surface area contributed by atoms with Gasteiger partial charge in [0, 0.05) is 51.7 Å². The third kappa shape index (κ3) is 7.17. The van der Waals surface area contributed by atoms with E-state index in [4.69, 9.17) is 0 Å². The average Bonchev–Trinajstić information content (AvgIpc) is 2.67. The highest BCUT2D eigenvalue weighted by molar-refractivity contribution is 7.92. The number of benzene rings is 2. The normalized spacial score (nSPS) is 11.5. The molecule has 1 amide bonds. The third-order valence-corrected chi connectivity index (χ3v) is 5.28. The van der Waals surface area contributed by atoms with E-state index in [0.29, 0.717) is 6.54 Å². The Balaban J connectivity index is 1.80. The summed E-state index contributed by atoms with van der Waals surface area (Å²) in [7, 11) is 2.08. The quantitative estimate of drug-likeness (QED) is 0.701. The van der Waals surface area contributed by atoms with Crippen molar-refractivity contribution >= 4 is 27.7 Å². The fourth-order valence-corrected chi connectivity index (χ4v) is 3.35. The molecule has 0 aliphatic carbocycles. The molecule has 0 aromatic heterocycles. The van der Waals surface area contributed by atoms with Gasteiger partial charge in [0.2, 0.25) is 15.9 Å². The van der Waals surface area contributed by atoms with E-state index in [2.05, 4.69) is 4.72 Å². The van der Waals surface area contributed by atoms with Gasteiger partial charge >= 0.3 is 0 Å². The molecule has 0 bridgehead atoms. The Bertz CT molecular complexity index is 892. The van der Waals surface area contributed by atoms with E-state index in [9.17, 15) is 13.2 Å². The Kier molecular flexibility index (Phi) is 7.78. The van der Waals surface area contributed by atoms with Crippen molar-refractivity contribution < 1.29 is 13.2 Å². The van der Waals surface area contributed by atoms with Crippen LogP contribution in [-0.4, -0.2) is 46.9 Å². The zero-order valence-corrected chi connectivity index (χ0v) is 17.3. The van der Waals surface area contributed by atoms with Gasteiger partial charge < -0.3 is 9.80 Å². The van der Waals surface area contributed by atoms with Gasteiger partial charge in [0.25, 0.3) is 0 Å². The number of amides is 1. The van der Waals surface area contributed by atoms with Gasteiger partial charge in [-0.25, -0.2) is 13.1 Å². The lowest BCUT2D eigenvalue weighted by atomic mass is 10.2. The predicted octanol–water partition coefficient (Wildman–Crippen LogP) is 2.69. The number of nitrogens with one attached hydrogen (secondary N) is 1. The largest absolute Gasteiger partial charge is 0.378 e. The van der Waals surface area contributed by atoms with Crippen molar-refractivity contribution in [2.24, 2.45) is 0 Å². The van der Waals surface area contributed by atoms with Gasteiger partial charge in [-0.15, -0.1) is 0 Å². The molecule has 1 N–H and O–H groups in total. The second-order valence-corrected chi connectivity index (χ2v) is 8.36. The minimum Gasteiger partial charge on any atom is -0.378 e. The molecule has 0 saturated carbocycles. The molecular weight excluding hydrogens is 374 g/mol. The molecule has 28 heavy (non-hydrogen) atoms. The molecule has 0 heterocycles. The van der Waals surface area contributed by atoms with E-state index in [1.54, 1.807) is 11.9 Å². The van der Waals surface area contributed by atoms with Gasteiger partial charge in [-0.1, -0.05) is 42.5 Å². The number of carbonyl (C=O) groups excluding carboxylic acids is 1. The van der Waals surface area contributed by atoms with Gasteiger partial charge in [-0.05, 0) is 29.3 Å². The second-order valence-electron chi connectivity index (χ2n) is 6.71. The molecule has 0 unspecified atom stereocenters. The van der Waals surface area contributed by atoms with Crippen LogP contribution in [0, 0.1) is 0 Å². The molecule has 2 aromatic carbocycles. The van der Waals surface area contributed by atoms with Crippen molar-refractivity contribution in [3.05, 3.63) is 71.1 Å². The number of rotatable bonds is 9. The Morgan fingerprint density at radius 1 is 1.00 bits per heavy atom. The zero-order valence-electron chi connectivity index (χ0n) is 16.5. The van der Waals surface area contributed by atoms with E-state index in [1.807, 2.05) is 73.6 Å². The van der Waals surface area contributed by atoms with E-state index >= 15 is 0 Å². The van der Waals surface area contributed by atoms with Gasteiger partial charge in [-0.2, -0.15) is 0 Å². The molecule has 2 aromatic rings. The highest BCUT2D eigenvalue weighted by atomic mass is 32.2. The lowest BCUT2D eigenvalue weighted by Crippen LogP contribution is -2.31. The van der Waals surface area contributed by atoms with Crippen LogP contribution in [0.1, 0.15) is 17.5 Å². The van der Waals surface area contributed by atoms with Crippen LogP contribution in [0.5, 0.6) is 0 Å². The summed E-state index contributed by atoms with van der Waals surface area (Å²) in [5, 5.41) is 1.11. The molecular formula is C21H27N3O3S. The van der Waals surface area contributed by atoms with E-state index in [1.165, 1.54) is 6.08 Å². The van der Waals surface area contributed by atoms with Crippen LogP contribution in [0.2, 0.25) is 0 Å². The molecule has 0 aliphatic heterocycles. The smallest absolute Gasteiger partial charge is 0.233 e. The standard InChI is InChI=1S/C21H27N3O3S/c1-23(2)20-11-9-19(10-12-20)17-24(3)21(25)13-15-22-28(26,27)16-14-18-7-5-4-6-8-18/h4-12,14,16,22H,13,15,17H2,1-3H3. The number of nitrogens with zero attached hydrogens (tertiary/aromatic N) is 2. The minimum atomic E-state index is -3.58. The Labute approximate surface area is 167 Å². The number of hydrogen-bond acceptors (Lipinski definition) is 4. The monoisotopic (exact) mass is 401 g/mol. The minimum absolute atomic E-state index is 0.0597. The zero-order chi connectivity index (χ0) is 20.6. The van der Waals surface area contributed by atoms with E-state index < -0.39 is 10.0 Å². The molecule has 0 atom stereocenters. The molecule has 0 fully saturated rings. The van der Waals surface area contributed by atoms with E-state index in [-0.39, 0.29) is 18.9 Å². The maximum atomic E-state index is 12.3. The van der Waals surface area contributed by atoms with Crippen LogP contribution in [0.4, 0.5) is 5.69 Å². The summed E-state index contributed by atoms with van der Waals surface area (Å²) in [5.41, 5.74) is 2.91. The molecule has 6 nitrogen and oxygen atoms in total. The summed E-state index contributed by atoms with van der Waals surface area (Å²) in [6.07, 6.45) is 1.62. The number of anilines is 1. The topological polar surface area (TPSA) is 69.7 Å². The predicted molar refractivity (Wildman–Crippen MR) is 114 cm³/mol. The first-order valence-corrected chi connectivity index (χ1v) is 10.5. The number of hydrogen-bond donors (Lipinski definition) is 1.